The Morgan fingerprint density at radius 3 is 2.48 bits per heavy atom. The van der Waals surface area contributed by atoms with E-state index in [9.17, 15) is 4.79 Å². The second kappa shape index (κ2) is 6.15. The molecule has 130 valence electrons. The molecule has 2 rings (SSSR count). The number of aromatic nitrogens is 2. The van der Waals surface area contributed by atoms with Crippen LogP contribution in [0.15, 0.2) is 0 Å². The van der Waals surface area contributed by atoms with E-state index in [4.69, 9.17) is 4.74 Å². The van der Waals surface area contributed by atoms with Gasteiger partial charge in [-0.2, -0.15) is 5.10 Å². The SMILES string of the molecule is Cc1nn(C)c(C)c1CCNC(=O)N[C@@H]1CC(C)(C)OC1(C)C. The summed E-state index contributed by atoms with van der Waals surface area (Å²) in [5.41, 5.74) is 2.83. The smallest absolute Gasteiger partial charge is 0.315 e. The molecule has 2 heterocycles. The molecule has 23 heavy (non-hydrogen) atoms. The van der Waals surface area contributed by atoms with Crippen LogP contribution in [0.5, 0.6) is 0 Å². The summed E-state index contributed by atoms with van der Waals surface area (Å²) in [5.74, 6) is 0. The maximum Gasteiger partial charge on any atom is 0.315 e. The zero-order valence-electron chi connectivity index (χ0n) is 15.4. The summed E-state index contributed by atoms with van der Waals surface area (Å²) in [5, 5.41) is 10.4. The van der Waals surface area contributed by atoms with E-state index in [0.29, 0.717) is 6.54 Å². The summed E-state index contributed by atoms with van der Waals surface area (Å²) in [7, 11) is 1.94. The predicted octanol–water partition coefficient (Wildman–Crippen LogP) is 2.22. The number of rotatable bonds is 4. The second-order valence-corrected chi connectivity index (χ2v) is 7.65. The number of nitrogens with one attached hydrogen (secondary N) is 2. The first kappa shape index (κ1) is 17.8. The van der Waals surface area contributed by atoms with E-state index in [1.165, 1.54) is 5.56 Å². The van der Waals surface area contributed by atoms with E-state index in [1.807, 2.05) is 32.5 Å². The van der Waals surface area contributed by atoms with Gasteiger partial charge in [0.2, 0.25) is 0 Å². The maximum atomic E-state index is 12.2. The molecule has 0 aromatic carbocycles. The van der Waals surface area contributed by atoms with Crippen molar-refractivity contribution in [2.45, 2.75) is 71.6 Å². The molecule has 1 saturated heterocycles. The standard InChI is InChI=1S/C17H30N4O2/c1-11-13(12(2)21(7)20-11)8-9-18-15(22)19-14-10-16(3,4)23-17(14,5)6/h14H,8-10H2,1-7H3,(H2,18,19,22)/t14-/m1/s1. The summed E-state index contributed by atoms with van der Waals surface area (Å²) in [6, 6.07) is -0.122. The maximum absolute atomic E-state index is 12.2. The van der Waals surface area contributed by atoms with Crippen molar-refractivity contribution in [1.82, 2.24) is 20.4 Å². The van der Waals surface area contributed by atoms with Crippen molar-refractivity contribution in [3.63, 3.8) is 0 Å². The largest absolute Gasteiger partial charge is 0.367 e. The Kier molecular flexibility index (Phi) is 4.76. The molecule has 1 aromatic heterocycles. The third-order valence-corrected chi connectivity index (χ3v) is 4.70. The molecule has 0 radical (unpaired) electrons. The highest BCUT2D eigenvalue weighted by atomic mass is 16.5. The minimum Gasteiger partial charge on any atom is -0.367 e. The first-order valence-electron chi connectivity index (χ1n) is 8.25. The molecule has 1 fully saturated rings. The molecule has 0 bridgehead atoms. The number of amides is 2. The second-order valence-electron chi connectivity index (χ2n) is 7.65. The van der Waals surface area contributed by atoms with Crippen LogP contribution in [0, 0.1) is 13.8 Å². The average molecular weight is 322 g/mol. The quantitative estimate of drug-likeness (QED) is 0.893. The van der Waals surface area contributed by atoms with Gasteiger partial charge in [-0.3, -0.25) is 4.68 Å². The Bertz CT molecular complexity index is 590. The van der Waals surface area contributed by atoms with Gasteiger partial charge >= 0.3 is 6.03 Å². The highest BCUT2D eigenvalue weighted by molar-refractivity contribution is 5.74. The van der Waals surface area contributed by atoms with Crippen LogP contribution >= 0.6 is 0 Å². The van der Waals surface area contributed by atoms with Gasteiger partial charge in [-0.15, -0.1) is 0 Å². The van der Waals surface area contributed by atoms with Gasteiger partial charge in [-0.05, 0) is 59.9 Å². The minimum atomic E-state index is -0.350. The van der Waals surface area contributed by atoms with Gasteiger partial charge in [-0.25, -0.2) is 4.79 Å². The zero-order chi connectivity index (χ0) is 17.4. The molecule has 0 unspecified atom stereocenters. The Morgan fingerprint density at radius 1 is 1.35 bits per heavy atom. The van der Waals surface area contributed by atoms with Gasteiger partial charge in [0.05, 0.1) is 22.9 Å². The summed E-state index contributed by atoms with van der Waals surface area (Å²) in [6.07, 6.45) is 1.60. The number of nitrogens with zero attached hydrogens (tertiary/aromatic N) is 2. The fraction of sp³-hybridized carbons (Fsp3) is 0.765. The predicted molar refractivity (Wildman–Crippen MR) is 90.6 cm³/mol. The average Bonchev–Trinajstić information content (AvgIpc) is 2.74. The molecule has 2 amide bonds. The molecule has 0 saturated carbocycles. The lowest BCUT2D eigenvalue weighted by Gasteiger charge is -2.27. The monoisotopic (exact) mass is 322 g/mol. The van der Waals surface area contributed by atoms with Crippen LogP contribution in [-0.4, -0.2) is 39.6 Å². The van der Waals surface area contributed by atoms with Crippen LogP contribution in [0.4, 0.5) is 4.79 Å². The van der Waals surface area contributed by atoms with Gasteiger partial charge in [0.1, 0.15) is 0 Å². The number of carbonyl (C=O) groups is 1. The Labute approximate surface area is 139 Å². The van der Waals surface area contributed by atoms with Crippen molar-refractivity contribution in [2.24, 2.45) is 7.05 Å². The van der Waals surface area contributed by atoms with E-state index in [2.05, 4.69) is 36.5 Å². The molecule has 0 spiro atoms. The molecule has 0 aliphatic carbocycles. The van der Waals surface area contributed by atoms with Crippen molar-refractivity contribution in [2.75, 3.05) is 6.54 Å². The van der Waals surface area contributed by atoms with E-state index in [1.54, 1.807) is 0 Å². The zero-order valence-corrected chi connectivity index (χ0v) is 15.4. The van der Waals surface area contributed by atoms with Gasteiger partial charge in [0.15, 0.2) is 0 Å². The van der Waals surface area contributed by atoms with Gasteiger partial charge in [0, 0.05) is 19.3 Å². The minimum absolute atomic E-state index is 0.0133. The van der Waals surface area contributed by atoms with Crippen molar-refractivity contribution in [1.29, 1.82) is 0 Å². The number of ether oxygens (including phenoxy) is 1. The highest BCUT2D eigenvalue weighted by Crippen LogP contribution is 2.37. The summed E-state index contributed by atoms with van der Waals surface area (Å²) < 4.78 is 7.88. The summed E-state index contributed by atoms with van der Waals surface area (Å²) in [4.78, 5) is 12.2. The number of urea groups is 1. The Hall–Kier alpha value is -1.56. The number of hydrogen-bond acceptors (Lipinski definition) is 3. The molecular weight excluding hydrogens is 292 g/mol. The fourth-order valence-electron chi connectivity index (χ4n) is 3.48. The van der Waals surface area contributed by atoms with Crippen molar-refractivity contribution in [3.05, 3.63) is 17.0 Å². The third-order valence-electron chi connectivity index (χ3n) is 4.70. The Morgan fingerprint density at radius 2 is 2.00 bits per heavy atom. The molecule has 1 aromatic rings. The lowest BCUT2D eigenvalue weighted by molar-refractivity contribution is -0.0690. The molecule has 2 N–H and O–H groups in total. The topological polar surface area (TPSA) is 68.2 Å². The van der Waals surface area contributed by atoms with Crippen LogP contribution in [0.1, 0.15) is 51.1 Å². The van der Waals surface area contributed by atoms with Crippen LogP contribution in [0.2, 0.25) is 0 Å². The number of carbonyl (C=O) groups excluding carboxylic acids is 1. The molecule has 1 aliphatic rings. The van der Waals surface area contributed by atoms with E-state index < -0.39 is 0 Å². The van der Waals surface area contributed by atoms with Crippen LogP contribution in [0.3, 0.4) is 0 Å². The fourth-order valence-corrected chi connectivity index (χ4v) is 3.48. The van der Waals surface area contributed by atoms with Crippen molar-refractivity contribution in [3.8, 4) is 0 Å². The first-order chi connectivity index (χ1) is 10.5. The van der Waals surface area contributed by atoms with Gasteiger partial charge < -0.3 is 15.4 Å². The van der Waals surface area contributed by atoms with Gasteiger partial charge in [0.25, 0.3) is 0 Å². The summed E-state index contributed by atoms with van der Waals surface area (Å²) >= 11 is 0. The van der Waals surface area contributed by atoms with Crippen molar-refractivity contribution < 1.29 is 9.53 Å². The van der Waals surface area contributed by atoms with E-state index >= 15 is 0 Å². The number of aryl methyl sites for hydroxylation is 2. The van der Waals surface area contributed by atoms with Crippen LogP contribution in [0.25, 0.3) is 0 Å². The molecule has 6 nitrogen and oxygen atoms in total. The van der Waals surface area contributed by atoms with Crippen LogP contribution < -0.4 is 10.6 Å². The normalized spacial score (nSPS) is 22.1. The lowest BCUT2D eigenvalue weighted by Crippen LogP contribution is -2.50. The first-order valence-corrected chi connectivity index (χ1v) is 8.25. The van der Waals surface area contributed by atoms with Crippen molar-refractivity contribution >= 4 is 6.03 Å². The lowest BCUT2D eigenvalue weighted by atomic mass is 9.95. The number of hydrogen-bond donors (Lipinski definition) is 2. The third kappa shape index (κ3) is 4.05. The molecule has 6 heteroatoms. The summed E-state index contributed by atoms with van der Waals surface area (Å²) in [6.45, 7) is 12.8. The van der Waals surface area contributed by atoms with E-state index in [0.717, 1.165) is 24.2 Å². The van der Waals surface area contributed by atoms with E-state index in [-0.39, 0.29) is 23.3 Å². The Balaban J connectivity index is 1.84. The molecular formula is C17H30N4O2. The molecule has 1 atom stereocenters. The highest BCUT2D eigenvalue weighted by Gasteiger charge is 2.46. The molecule has 1 aliphatic heterocycles. The van der Waals surface area contributed by atoms with Gasteiger partial charge in [-0.1, -0.05) is 0 Å². The van der Waals surface area contributed by atoms with Crippen LogP contribution in [-0.2, 0) is 18.2 Å².